The molecular formula is C12H20N2OS. The number of carbonyl (C=O) groups excluding carboxylic acids is 1. The molecule has 16 heavy (non-hydrogen) atoms. The van der Waals surface area contributed by atoms with Gasteiger partial charge in [-0.1, -0.05) is 0 Å². The maximum Gasteiger partial charge on any atom is 0.224 e. The summed E-state index contributed by atoms with van der Waals surface area (Å²) in [6, 6.07) is 2.37. The van der Waals surface area contributed by atoms with Gasteiger partial charge in [0.05, 0.1) is 5.41 Å². The lowest BCUT2D eigenvalue weighted by Crippen LogP contribution is -2.41. The lowest BCUT2D eigenvalue weighted by molar-refractivity contribution is -0.125. The molecule has 0 unspecified atom stereocenters. The molecular weight excluding hydrogens is 220 g/mol. The SMILES string of the molecule is Cc1ccsc1[C@@H](C)NCC(C)(C)C(N)=O. The van der Waals surface area contributed by atoms with Crippen molar-refractivity contribution in [3.8, 4) is 0 Å². The fraction of sp³-hybridized carbons (Fsp3) is 0.583. The lowest BCUT2D eigenvalue weighted by atomic mass is 9.92. The van der Waals surface area contributed by atoms with E-state index < -0.39 is 5.41 Å². The Bertz CT molecular complexity index is 371. The Morgan fingerprint density at radius 2 is 2.25 bits per heavy atom. The first kappa shape index (κ1) is 13.2. The number of aryl methyl sites for hydroxylation is 1. The Morgan fingerprint density at radius 1 is 1.62 bits per heavy atom. The minimum Gasteiger partial charge on any atom is -0.369 e. The number of thiophene rings is 1. The molecule has 4 heteroatoms. The zero-order chi connectivity index (χ0) is 12.3. The van der Waals surface area contributed by atoms with E-state index in [0.29, 0.717) is 6.54 Å². The quantitative estimate of drug-likeness (QED) is 0.829. The molecule has 0 radical (unpaired) electrons. The molecule has 1 aromatic rings. The Hall–Kier alpha value is -0.870. The van der Waals surface area contributed by atoms with E-state index in [9.17, 15) is 4.79 Å². The van der Waals surface area contributed by atoms with Crippen molar-refractivity contribution in [3.63, 3.8) is 0 Å². The first-order valence-corrected chi connectivity index (χ1v) is 6.30. The van der Waals surface area contributed by atoms with Crippen LogP contribution < -0.4 is 11.1 Å². The predicted octanol–water partition coefficient (Wildman–Crippen LogP) is 2.22. The summed E-state index contributed by atoms with van der Waals surface area (Å²) in [5.74, 6) is -0.268. The number of amides is 1. The van der Waals surface area contributed by atoms with Crippen LogP contribution in [0.25, 0.3) is 0 Å². The summed E-state index contributed by atoms with van der Waals surface area (Å²) < 4.78 is 0. The molecule has 0 spiro atoms. The van der Waals surface area contributed by atoms with Crippen molar-refractivity contribution in [1.82, 2.24) is 5.32 Å². The number of nitrogens with two attached hydrogens (primary N) is 1. The van der Waals surface area contributed by atoms with Gasteiger partial charge in [-0.15, -0.1) is 11.3 Å². The Kier molecular flexibility index (Phi) is 4.10. The van der Waals surface area contributed by atoms with Gasteiger partial charge in [0.15, 0.2) is 0 Å². The zero-order valence-corrected chi connectivity index (χ0v) is 11.1. The molecule has 0 aromatic carbocycles. The Labute approximate surface area is 101 Å². The van der Waals surface area contributed by atoms with E-state index in [1.54, 1.807) is 11.3 Å². The number of hydrogen-bond donors (Lipinski definition) is 2. The van der Waals surface area contributed by atoms with Crippen molar-refractivity contribution in [3.05, 3.63) is 21.9 Å². The smallest absolute Gasteiger partial charge is 0.224 e. The number of hydrogen-bond acceptors (Lipinski definition) is 3. The summed E-state index contributed by atoms with van der Waals surface area (Å²) in [5, 5.41) is 5.44. The van der Waals surface area contributed by atoms with E-state index >= 15 is 0 Å². The highest BCUT2D eigenvalue weighted by Gasteiger charge is 2.25. The zero-order valence-electron chi connectivity index (χ0n) is 10.3. The van der Waals surface area contributed by atoms with Crippen molar-refractivity contribution >= 4 is 17.2 Å². The van der Waals surface area contributed by atoms with E-state index in [0.717, 1.165) is 0 Å². The highest BCUT2D eigenvalue weighted by atomic mass is 32.1. The molecule has 1 aromatic heterocycles. The number of carbonyl (C=O) groups is 1. The fourth-order valence-corrected chi connectivity index (χ4v) is 2.38. The standard InChI is InChI=1S/C12H20N2OS/c1-8-5-6-16-10(8)9(2)14-7-12(3,4)11(13)15/h5-6,9,14H,7H2,1-4H3,(H2,13,15)/t9-/m1/s1. The van der Waals surface area contributed by atoms with Gasteiger partial charge < -0.3 is 11.1 Å². The number of nitrogens with one attached hydrogen (secondary N) is 1. The molecule has 0 saturated carbocycles. The van der Waals surface area contributed by atoms with E-state index in [-0.39, 0.29) is 11.9 Å². The lowest BCUT2D eigenvalue weighted by Gasteiger charge is -2.23. The summed E-state index contributed by atoms with van der Waals surface area (Å²) in [7, 11) is 0. The monoisotopic (exact) mass is 240 g/mol. The van der Waals surface area contributed by atoms with Gasteiger partial charge in [0.25, 0.3) is 0 Å². The van der Waals surface area contributed by atoms with Crippen LogP contribution in [0.2, 0.25) is 0 Å². The summed E-state index contributed by atoms with van der Waals surface area (Å²) in [4.78, 5) is 12.5. The van der Waals surface area contributed by atoms with Crippen LogP contribution in [0.3, 0.4) is 0 Å². The molecule has 0 fully saturated rings. The minimum atomic E-state index is -0.501. The van der Waals surface area contributed by atoms with Crippen LogP contribution in [-0.4, -0.2) is 12.5 Å². The van der Waals surface area contributed by atoms with Crippen LogP contribution in [0.15, 0.2) is 11.4 Å². The van der Waals surface area contributed by atoms with E-state index in [1.165, 1.54) is 10.4 Å². The van der Waals surface area contributed by atoms with Crippen molar-refractivity contribution in [2.45, 2.75) is 33.7 Å². The van der Waals surface area contributed by atoms with Crippen molar-refractivity contribution in [2.75, 3.05) is 6.54 Å². The summed E-state index contributed by atoms with van der Waals surface area (Å²) in [6.45, 7) is 8.52. The first-order chi connectivity index (χ1) is 7.34. The molecule has 3 nitrogen and oxygen atoms in total. The molecule has 0 bridgehead atoms. The van der Waals surface area contributed by atoms with Gasteiger partial charge in [-0.05, 0) is 44.7 Å². The van der Waals surface area contributed by atoms with Crippen molar-refractivity contribution in [1.29, 1.82) is 0 Å². The van der Waals surface area contributed by atoms with Crippen LogP contribution in [0.5, 0.6) is 0 Å². The molecule has 1 heterocycles. The van der Waals surface area contributed by atoms with Crippen molar-refractivity contribution < 1.29 is 4.79 Å². The topological polar surface area (TPSA) is 55.1 Å². The van der Waals surface area contributed by atoms with Crippen LogP contribution in [0.1, 0.15) is 37.3 Å². The van der Waals surface area contributed by atoms with Gasteiger partial charge in [0, 0.05) is 17.5 Å². The Morgan fingerprint density at radius 3 is 2.69 bits per heavy atom. The first-order valence-electron chi connectivity index (χ1n) is 5.42. The summed E-state index contributed by atoms with van der Waals surface area (Å²) in [5.41, 5.74) is 6.12. The van der Waals surface area contributed by atoms with Gasteiger partial charge in [0.2, 0.25) is 5.91 Å². The molecule has 90 valence electrons. The third-order valence-corrected chi connectivity index (χ3v) is 4.01. The molecule has 3 N–H and O–H groups in total. The van der Waals surface area contributed by atoms with Crippen molar-refractivity contribution in [2.24, 2.45) is 11.1 Å². The highest BCUT2D eigenvalue weighted by Crippen LogP contribution is 2.24. The molecule has 1 amide bonds. The van der Waals surface area contributed by atoms with Gasteiger partial charge in [0.1, 0.15) is 0 Å². The largest absolute Gasteiger partial charge is 0.369 e. The number of primary amides is 1. The molecule has 0 saturated heterocycles. The second kappa shape index (κ2) is 4.97. The Balaban J connectivity index is 2.57. The van der Waals surface area contributed by atoms with Gasteiger partial charge in [-0.2, -0.15) is 0 Å². The third-order valence-electron chi connectivity index (χ3n) is 2.81. The second-order valence-corrected chi connectivity index (χ2v) is 5.77. The van der Waals surface area contributed by atoms with Gasteiger partial charge in [-0.25, -0.2) is 0 Å². The van der Waals surface area contributed by atoms with Crippen LogP contribution in [0, 0.1) is 12.3 Å². The normalized spacial score (nSPS) is 13.8. The van der Waals surface area contributed by atoms with Crippen LogP contribution >= 0.6 is 11.3 Å². The highest BCUT2D eigenvalue weighted by molar-refractivity contribution is 7.10. The second-order valence-electron chi connectivity index (χ2n) is 4.82. The molecule has 0 aliphatic heterocycles. The predicted molar refractivity (Wildman–Crippen MR) is 68.4 cm³/mol. The van der Waals surface area contributed by atoms with E-state index in [2.05, 4.69) is 30.6 Å². The van der Waals surface area contributed by atoms with Crippen LogP contribution in [0.4, 0.5) is 0 Å². The van der Waals surface area contributed by atoms with E-state index in [1.807, 2.05) is 13.8 Å². The van der Waals surface area contributed by atoms with Gasteiger partial charge >= 0.3 is 0 Å². The van der Waals surface area contributed by atoms with E-state index in [4.69, 9.17) is 5.73 Å². The molecule has 1 rings (SSSR count). The molecule has 1 atom stereocenters. The molecule has 0 aliphatic carbocycles. The average molecular weight is 240 g/mol. The maximum atomic E-state index is 11.2. The fourth-order valence-electron chi connectivity index (χ4n) is 1.42. The number of rotatable bonds is 5. The average Bonchev–Trinajstić information content (AvgIpc) is 2.61. The van der Waals surface area contributed by atoms with Crippen LogP contribution in [-0.2, 0) is 4.79 Å². The van der Waals surface area contributed by atoms with Gasteiger partial charge in [-0.3, -0.25) is 4.79 Å². The summed E-state index contributed by atoms with van der Waals surface area (Å²) in [6.07, 6.45) is 0. The third kappa shape index (κ3) is 3.06. The summed E-state index contributed by atoms with van der Waals surface area (Å²) >= 11 is 1.74. The molecule has 0 aliphatic rings. The maximum absolute atomic E-state index is 11.2. The minimum absolute atomic E-state index is 0.263.